The van der Waals surface area contributed by atoms with Gasteiger partial charge in [-0.3, -0.25) is 0 Å². The summed E-state index contributed by atoms with van der Waals surface area (Å²) in [6.07, 6.45) is 4.28. The molecule has 1 aromatic rings. The zero-order chi connectivity index (χ0) is 11.8. The Morgan fingerprint density at radius 1 is 1.24 bits per heavy atom. The summed E-state index contributed by atoms with van der Waals surface area (Å²) in [7, 11) is -1.21. The van der Waals surface area contributed by atoms with Crippen LogP contribution >= 0.6 is 33.8 Å². The SMILES string of the molecule is CC(N)S1(C(C)N)C=CC=C1c1cccs1.Cl. The summed E-state index contributed by atoms with van der Waals surface area (Å²) in [6, 6.07) is 4.22. The molecular weight excluding hydrogens is 272 g/mol. The van der Waals surface area contributed by atoms with E-state index in [2.05, 4.69) is 48.9 Å². The normalized spacial score (nSPS) is 30.0. The minimum Gasteiger partial charge on any atom is -0.320 e. The van der Waals surface area contributed by atoms with Crippen LogP contribution in [0.5, 0.6) is 0 Å². The van der Waals surface area contributed by atoms with Crippen molar-refractivity contribution in [2.24, 2.45) is 11.5 Å². The molecule has 4 N–H and O–H groups in total. The highest BCUT2D eigenvalue weighted by molar-refractivity contribution is 8.44. The largest absolute Gasteiger partial charge is 0.320 e. The van der Waals surface area contributed by atoms with Crippen LogP contribution in [0.3, 0.4) is 0 Å². The van der Waals surface area contributed by atoms with Gasteiger partial charge in [0.05, 0.1) is 0 Å². The molecule has 0 aliphatic carbocycles. The van der Waals surface area contributed by atoms with Gasteiger partial charge < -0.3 is 11.5 Å². The molecule has 1 aromatic heterocycles. The zero-order valence-electron chi connectivity index (χ0n) is 10.00. The minimum absolute atomic E-state index is 0. The zero-order valence-corrected chi connectivity index (χ0v) is 12.4. The van der Waals surface area contributed by atoms with Crippen LogP contribution in [-0.2, 0) is 0 Å². The van der Waals surface area contributed by atoms with Crippen molar-refractivity contribution >= 4 is 38.7 Å². The average molecular weight is 291 g/mol. The molecule has 2 nitrogen and oxygen atoms in total. The summed E-state index contributed by atoms with van der Waals surface area (Å²) in [6.45, 7) is 4.13. The van der Waals surface area contributed by atoms with E-state index in [4.69, 9.17) is 11.5 Å². The van der Waals surface area contributed by atoms with Crippen LogP contribution in [0, 0.1) is 0 Å². The molecule has 0 aromatic carbocycles. The van der Waals surface area contributed by atoms with Crippen molar-refractivity contribution in [3.8, 4) is 0 Å². The minimum atomic E-state index is -1.21. The molecule has 0 saturated heterocycles. The average Bonchev–Trinajstić information content (AvgIpc) is 2.86. The number of halogens is 1. The summed E-state index contributed by atoms with van der Waals surface area (Å²) in [5.41, 5.74) is 12.4. The Labute approximate surface area is 114 Å². The van der Waals surface area contributed by atoms with Crippen molar-refractivity contribution in [1.29, 1.82) is 0 Å². The smallest absolute Gasteiger partial charge is 0.0408 e. The van der Waals surface area contributed by atoms with Crippen molar-refractivity contribution in [1.82, 2.24) is 0 Å². The highest BCUT2D eigenvalue weighted by Crippen LogP contribution is 2.67. The Bertz CT molecular complexity index is 414. The summed E-state index contributed by atoms with van der Waals surface area (Å²) >= 11 is 1.76. The monoisotopic (exact) mass is 290 g/mol. The van der Waals surface area contributed by atoms with E-state index in [-0.39, 0.29) is 23.2 Å². The van der Waals surface area contributed by atoms with Crippen molar-refractivity contribution in [3.05, 3.63) is 40.0 Å². The first-order valence-electron chi connectivity index (χ1n) is 5.33. The van der Waals surface area contributed by atoms with Crippen molar-refractivity contribution in [2.45, 2.75) is 24.6 Å². The number of rotatable bonds is 3. The van der Waals surface area contributed by atoms with Crippen LogP contribution in [0.2, 0.25) is 0 Å². The highest BCUT2D eigenvalue weighted by atomic mass is 35.5. The maximum absolute atomic E-state index is 6.20. The van der Waals surface area contributed by atoms with Crippen molar-refractivity contribution in [3.63, 3.8) is 0 Å². The predicted octanol–water partition coefficient (Wildman–Crippen LogP) is 3.45. The van der Waals surface area contributed by atoms with Gasteiger partial charge in [-0.05, 0) is 36.8 Å². The van der Waals surface area contributed by atoms with Gasteiger partial charge in [-0.2, -0.15) is 10.0 Å². The van der Waals surface area contributed by atoms with E-state index < -0.39 is 10.0 Å². The van der Waals surface area contributed by atoms with Crippen LogP contribution in [-0.4, -0.2) is 10.7 Å². The second-order valence-corrected chi connectivity index (χ2v) is 8.68. The molecule has 0 saturated carbocycles. The van der Waals surface area contributed by atoms with Crippen LogP contribution in [0.15, 0.2) is 35.1 Å². The molecule has 17 heavy (non-hydrogen) atoms. The third-order valence-electron chi connectivity index (χ3n) is 2.93. The van der Waals surface area contributed by atoms with Gasteiger partial charge in [0.15, 0.2) is 0 Å². The van der Waals surface area contributed by atoms with Gasteiger partial charge in [-0.25, -0.2) is 0 Å². The third-order valence-corrected chi connectivity index (χ3v) is 8.15. The molecule has 1 aliphatic heterocycles. The molecule has 2 unspecified atom stereocenters. The van der Waals surface area contributed by atoms with Crippen LogP contribution < -0.4 is 11.5 Å². The first-order chi connectivity index (χ1) is 7.59. The fourth-order valence-corrected chi connectivity index (χ4v) is 6.52. The molecular formula is C12H19ClN2S2. The Hall–Kier alpha value is -0.260. The van der Waals surface area contributed by atoms with Crippen molar-refractivity contribution in [2.75, 3.05) is 0 Å². The van der Waals surface area contributed by atoms with Gasteiger partial charge in [0, 0.05) is 20.5 Å². The van der Waals surface area contributed by atoms with E-state index in [0.717, 1.165) is 0 Å². The lowest BCUT2D eigenvalue weighted by atomic mass is 10.4. The highest BCUT2D eigenvalue weighted by Gasteiger charge is 2.36. The summed E-state index contributed by atoms with van der Waals surface area (Å²) in [5.74, 6) is 0. The summed E-state index contributed by atoms with van der Waals surface area (Å²) in [5, 5.41) is 4.53. The lowest BCUT2D eigenvalue weighted by molar-refractivity contribution is 0.967. The molecule has 0 bridgehead atoms. The second-order valence-electron chi connectivity index (χ2n) is 4.01. The van der Waals surface area contributed by atoms with E-state index in [1.54, 1.807) is 11.3 Å². The summed E-state index contributed by atoms with van der Waals surface area (Å²) in [4.78, 5) is 2.64. The van der Waals surface area contributed by atoms with E-state index in [0.29, 0.717) is 0 Å². The second kappa shape index (κ2) is 5.59. The molecule has 96 valence electrons. The first-order valence-corrected chi connectivity index (χ1v) is 8.04. The Balaban J connectivity index is 0.00000144. The van der Waals surface area contributed by atoms with Crippen molar-refractivity contribution < 1.29 is 0 Å². The number of thiophene rings is 1. The molecule has 0 spiro atoms. The predicted molar refractivity (Wildman–Crippen MR) is 83.6 cm³/mol. The number of hydrogen-bond acceptors (Lipinski definition) is 3. The molecule has 1 aliphatic rings. The molecule has 2 atom stereocenters. The Morgan fingerprint density at radius 3 is 2.35 bits per heavy atom. The van der Waals surface area contributed by atoms with Gasteiger partial charge in [0.25, 0.3) is 0 Å². The van der Waals surface area contributed by atoms with E-state index in [1.165, 1.54) is 9.78 Å². The number of hydrogen-bond donors (Lipinski definition) is 2. The molecule has 0 amide bonds. The van der Waals surface area contributed by atoms with Crippen LogP contribution in [0.4, 0.5) is 0 Å². The van der Waals surface area contributed by atoms with Crippen LogP contribution in [0.1, 0.15) is 18.7 Å². The third kappa shape index (κ3) is 2.33. The molecule has 0 radical (unpaired) electrons. The van der Waals surface area contributed by atoms with Gasteiger partial charge in [0.1, 0.15) is 0 Å². The van der Waals surface area contributed by atoms with Crippen LogP contribution in [0.25, 0.3) is 4.91 Å². The Kier molecular flexibility index (Phi) is 4.86. The standard InChI is InChI=1S/C12H18N2S2.ClH/c1-9(13)16(10(2)14)8-4-6-12(16)11-5-3-7-15-11;/h3-10H,13-14H2,1-2H3;1H. The van der Waals surface area contributed by atoms with E-state index in [9.17, 15) is 0 Å². The van der Waals surface area contributed by atoms with E-state index >= 15 is 0 Å². The van der Waals surface area contributed by atoms with Gasteiger partial charge in [0.2, 0.25) is 0 Å². The topological polar surface area (TPSA) is 52.0 Å². The number of nitrogens with two attached hydrogens (primary N) is 2. The molecule has 2 rings (SSSR count). The fourth-order valence-electron chi connectivity index (χ4n) is 2.11. The fraction of sp³-hybridized carbons (Fsp3) is 0.333. The van der Waals surface area contributed by atoms with E-state index in [1.807, 2.05) is 0 Å². The maximum Gasteiger partial charge on any atom is 0.0408 e. The summed E-state index contributed by atoms with van der Waals surface area (Å²) < 4.78 is 0. The quantitative estimate of drug-likeness (QED) is 0.896. The molecule has 0 fully saturated rings. The first kappa shape index (κ1) is 14.8. The van der Waals surface area contributed by atoms with Gasteiger partial charge in [-0.1, -0.05) is 12.1 Å². The van der Waals surface area contributed by atoms with Gasteiger partial charge >= 0.3 is 0 Å². The molecule has 5 heteroatoms. The maximum atomic E-state index is 6.20. The molecule has 2 heterocycles. The number of allylic oxidation sites excluding steroid dienone is 2. The van der Waals surface area contributed by atoms with Gasteiger partial charge in [-0.15, -0.1) is 23.7 Å². The Morgan fingerprint density at radius 2 is 1.88 bits per heavy atom. The lowest BCUT2D eigenvalue weighted by Crippen LogP contribution is -2.34. The lowest BCUT2D eigenvalue weighted by Gasteiger charge is -2.44.